The summed E-state index contributed by atoms with van der Waals surface area (Å²) >= 11 is 0.340. The van der Waals surface area contributed by atoms with Gasteiger partial charge in [-0.05, 0) is 36.7 Å². The highest BCUT2D eigenvalue weighted by Crippen LogP contribution is 2.33. The van der Waals surface area contributed by atoms with Crippen molar-refractivity contribution >= 4 is 11.8 Å². The third kappa shape index (κ3) is 94.5. The monoisotopic (exact) mass is 1440 g/mol. The van der Waals surface area contributed by atoms with E-state index in [4.69, 9.17) is 0 Å². The molecular weight excluding hydrogens is 1230 g/mol. The Kier molecular flexibility index (Phi) is 93.0. The summed E-state index contributed by atoms with van der Waals surface area (Å²) < 4.78 is 0. The van der Waals surface area contributed by atoms with E-state index in [1.165, 1.54) is 603 Å². The average Bonchev–Trinajstić information content (AvgIpc) is 2.18. The van der Waals surface area contributed by atoms with E-state index in [1.54, 1.807) is 30.8 Å². The summed E-state index contributed by atoms with van der Waals surface area (Å²) in [4.78, 5) is 0. The molecule has 0 nitrogen and oxygen atoms in total. The highest BCUT2D eigenvalue weighted by Gasteiger charge is 2.19. The Morgan fingerprint density at radius 1 is 0.129 bits per heavy atom. The smallest absolute Gasteiger partial charge is 0.0357 e. The van der Waals surface area contributed by atoms with Gasteiger partial charge < -0.3 is 11.8 Å². The van der Waals surface area contributed by atoms with Crippen molar-refractivity contribution in [2.75, 3.05) is 11.5 Å². The van der Waals surface area contributed by atoms with Gasteiger partial charge in [0.15, 0.2) is 0 Å². The van der Waals surface area contributed by atoms with Crippen molar-refractivity contribution in [1.29, 1.82) is 0 Å². The second kappa shape index (κ2) is 94.6. The lowest BCUT2D eigenvalue weighted by Crippen LogP contribution is -1.87. The summed E-state index contributed by atoms with van der Waals surface area (Å²) in [6, 6.07) is 0. The lowest BCUT2D eigenvalue weighted by atomic mass is 10.0. The van der Waals surface area contributed by atoms with Crippen LogP contribution in [0.15, 0.2) is 0 Å². The first-order chi connectivity index (χ1) is 50.4. The van der Waals surface area contributed by atoms with Crippen molar-refractivity contribution in [3.05, 3.63) is 0 Å². The number of hydrogen-bond acceptors (Lipinski definition) is 0. The normalized spacial score (nSPS) is 12.6. The van der Waals surface area contributed by atoms with Crippen LogP contribution in [0.1, 0.15) is 623 Å². The van der Waals surface area contributed by atoms with Gasteiger partial charge in [0.25, 0.3) is 0 Å². The summed E-state index contributed by atoms with van der Waals surface area (Å²) in [5.74, 6) is 4.54. The fraction of sp³-hybridized carbons (Fsp3) is 1.00. The first-order valence-electron chi connectivity index (χ1n) is 50.4. The fourth-order valence-electron chi connectivity index (χ4n) is 17.5. The van der Waals surface area contributed by atoms with Crippen LogP contribution in [0, 0.1) is 5.92 Å². The molecule has 0 amide bonds. The molecule has 0 aromatic heterocycles. The van der Waals surface area contributed by atoms with Crippen LogP contribution < -0.4 is 0 Å². The maximum Gasteiger partial charge on any atom is -0.0357 e. The summed E-state index contributed by atoms with van der Waals surface area (Å²) in [5.41, 5.74) is 0. The van der Waals surface area contributed by atoms with E-state index in [1.807, 2.05) is 0 Å². The van der Waals surface area contributed by atoms with Crippen molar-refractivity contribution in [3.63, 3.8) is 0 Å². The third-order valence-corrected chi connectivity index (χ3v) is 27.4. The molecule has 1 saturated carbocycles. The minimum Gasteiger partial charge on any atom is -0.309 e. The van der Waals surface area contributed by atoms with Crippen molar-refractivity contribution in [2.24, 2.45) is 5.92 Å². The van der Waals surface area contributed by atoms with Gasteiger partial charge in [0, 0.05) is 0 Å². The Balaban J connectivity index is 1.57. The molecule has 0 aliphatic heterocycles. The minimum absolute atomic E-state index is 0.340. The Hall–Kier alpha value is 0.350. The molecule has 1 heteroatoms. The van der Waals surface area contributed by atoms with Crippen LogP contribution in [0.4, 0.5) is 0 Å². The van der Waals surface area contributed by atoms with Gasteiger partial charge in [-0.2, -0.15) is 0 Å². The van der Waals surface area contributed by atoms with Gasteiger partial charge in [-0.3, -0.25) is 0 Å². The van der Waals surface area contributed by atoms with Gasteiger partial charge in [0.1, 0.15) is 0 Å². The summed E-state index contributed by atoms with van der Waals surface area (Å²) in [7, 11) is 0. The summed E-state index contributed by atoms with van der Waals surface area (Å²) in [6.07, 6.45) is 144. The molecule has 101 heavy (non-hydrogen) atoms. The van der Waals surface area contributed by atoms with Crippen LogP contribution in [-0.4, -0.2) is 11.5 Å². The number of hydrogen-bond donors (Lipinski definition) is 0. The molecule has 610 valence electrons. The summed E-state index contributed by atoms with van der Waals surface area (Å²) in [5, 5.41) is 0. The highest BCUT2D eigenvalue weighted by molar-refractivity contribution is 7.99. The molecule has 0 atom stereocenters. The summed E-state index contributed by atoms with van der Waals surface area (Å²) in [6.45, 7) is 2.32. The molecule has 1 aliphatic rings. The molecule has 0 aromatic rings. The average molecular weight is 1440 g/mol. The van der Waals surface area contributed by atoms with Gasteiger partial charge in [-0.25, -0.2) is 0 Å². The predicted octanol–water partition coefficient (Wildman–Crippen LogP) is 37.7. The van der Waals surface area contributed by atoms with Crippen LogP contribution in [0.3, 0.4) is 0 Å². The van der Waals surface area contributed by atoms with E-state index in [9.17, 15) is 0 Å². The molecule has 0 heterocycles. The fourth-order valence-corrected chi connectivity index (χ4v) is 19.7. The van der Waals surface area contributed by atoms with Gasteiger partial charge in [0.2, 0.25) is 0 Å². The topological polar surface area (TPSA) is 0 Å². The Bertz CT molecular complexity index is 1370. The second-order valence-corrected chi connectivity index (χ2v) is 37.8. The zero-order valence-electron chi connectivity index (χ0n) is 71.6. The van der Waals surface area contributed by atoms with Crippen molar-refractivity contribution in [1.82, 2.24) is 0 Å². The van der Waals surface area contributed by atoms with Gasteiger partial charge in [0.05, 0.1) is 0 Å². The van der Waals surface area contributed by atoms with Crippen molar-refractivity contribution in [3.8, 4) is 0 Å². The molecule has 0 N–H and O–H groups in total. The van der Waals surface area contributed by atoms with Crippen LogP contribution in [0.5, 0.6) is 0 Å². The lowest BCUT2D eigenvalue weighted by molar-refractivity contribution is 0.505. The van der Waals surface area contributed by atoms with Gasteiger partial charge >= 0.3 is 0 Å². The van der Waals surface area contributed by atoms with Crippen LogP contribution in [0.2, 0.25) is 0 Å². The number of rotatable bonds is 97. The molecule has 0 spiro atoms. The zero-order valence-corrected chi connectivity index (χ0v) is 73.0. The van der Waals surface area contributed by atoms with E-state index < -0.39 is 0 Å². The first kappa shape index (κ1) is 99.4. The second-order valence-electron chi connectivity index (χ2n) is 35.8. The molecule has 1 rings (SSSR count). The van der Waals surface area contributed by atoms with Crippen molar-refractivity contribution < 1.29 is 0 Å². The van der Waals surface area contributed by atoms with Crippen LogP contribution in [0.25, 0.3) is 0 Å². The van der Waals surface area contributed by atoms with E-state index in [2.05, 4.69) is 6.92 Å². The molecule has 1 fully saturated rings. The lowest BCUT2D eigenvalue weighted by Gasteiger charge is -2.05. The van der Waals surface area contributed by atoms with E-state index >= 15 is 0 Å². The molecule has 0 bridgehead atoms. The zero-order chi connectivity index (χ0) is 71.6. The van der Waals surface area contributed by atoms with Crippen LogP contribution in [-0.2, 0) is 0 Å². The largest absolute Gasteiger partial charge is 0.309 e. The van der Waals surface area contributed by atoms with E-state index in [0.717, 1.165) is 0 Å². The maximum absolute atomic E-state index is 2.32. The van der Waals surface area contributed by atoms with Crippen molar-refractivity contribution in [2.45, 2.75) is 623 Å². The Morgan fingerprint density at radius 3 is 0.307 bits per heavy atom. The van der Waals surface area contributed by atoms with Gasteiger partial charge in [-0.1, -0.05) is 604 Å². The predicted molar refractivity (Wildman–Crippen MR) is 475 cm³/mol. The number of unbranched alkanes of at least 4 members (excludes halogenated alkanes) is 93. The SMILES string of the molecule is CCCCCCCCCCCCCCCCCCCCCCCCCCCCCCCCCCCCCCCCCCCCCCCCCCCCCCCCCCCCCCCCCCCCCCCCCCCCCCCCCCCCCCCCCCCCCCCC[SH4]CC1CC1. The highest BCUT2D eigenvalue weighted by atomic mass is 32.2. The van der Waals surface area contributed by atoms with E-state index in [0.29, 0.717) is 11.8 Å². The van der Waals surface area contributed by atoms with E-state index in [-0.39, 0.29) is 0 Å². The quantitative estimate of drug-likeness (QED) is 0.0533. The Morgan fingerprint density at radius 2 is 0.218 bits per heavy atom. The molecule has 1 aliphatic carbocycles. The maximum atomic E-state index is 2.32. The first-order valence-corrected chi connectivity index (χ1v) is 52.4. The molecule has 0 unspecified atom stereocenters. The van der Waals surface area contributed by atoms with Crippen LogP contribution >= 0.6 is 11.8 Å². The third-order valence-electron chi connectivity index (χ3n) is 25.2. The molecule has 0 saturated heterocycles. The molecule has 0 aromatic carbocycles. The standard InChI is InChI=1S/C100H204S/c1-2-3-4-5-6-7-8-9-10-11-12-13-14-15-16-17-18-19-20-21-22-23-24-25-26-27-28-29-30-31-32-33-34-35-36-37-38-39-40-41-42-43-44-45-46-47-48-49-50-51-52-53-54-55-56-57-58-59-60-61-62-63-64-65-66-67-68-69-70-71-72-73-74-75-76-77-78-79-80-81-82-83-84-85-86-87-88-89-90-91-92-93-94-95-98-101-99-100-96-97-100/h100H,2-99H2,1H3,101H4. The Labute approximate surface area is 648 Å². The van der Waals surface area contributed by atoms with Gasteiger partial charge in [-0.15, -0.1) is 0 Å². The molecular formula is C100H204S. The molecule has 0 radical (unpaired) electrons. The minimum atomic E-state index is 0.340.